The number of aryl methyl sites for hydroxylation is 4. The Hall–Kier alpha value is -13.1. The van der Waals surface area contributed by atoms with Crippen LogP contribution >= 0.6 is 0 Å². The van der Waals surface area contributed by atoms with Gasteiger partial charge in [0.25, 0.3) is 0 Å². The lowest BCUT2D eigenvalue weighted by Crippen LogP contribution is -1.80. The SMILES string of the molecule is Cc1cccc(-c2cccc3c2oc2cccnc23)c1.Cc1cccc(-c2cccc3c2oc2ccncc23)c1.Cc1cccc(-c2cccc3c2oc2cnccc23)c1.Cc1cccc(-c2cccc3c2oc2ncccc23)c1.c1ccc(-c2cncc3c2oc2ccccc23)cc1. The highest BCUT2D eigenvalue weighted by Gasteiger charge is 2.18. The number of nitrogens with zero attached hydrogens (tertiary/aromatic N) is 5. The molecule has 0 aliphatic rings. The van der Waals surface area contributed by atoms with E-state index in [2.05, 4.69) is 241 Å². The first-order valence-corrected chi connectivity index (χ1v) is 32.9. The minimum Gasteiger partial charge on any atom is -0.455 e. The summed E-state index contributed by atoms with van der Waals surface area (Å²) in [5.41, 5.74) is 26.0. The molecule has 0 aliphatic heterocycles. The van der Waals surface area contributed by atoms with E-state index < -0.39 is 0 Å². The Morgan fingerprint density at radius 2 is 0.626 bits per heavy atom. The summed E-state index contributed by atoms with van der Waals surface area (Å²) in [6.45, 7) is 8.41. The van der Waals surface area contributed by atoms with Gasteiger partial charge in [0.15, 0.2) is 11.2 Å². The maximum atomic E-state index is 6.04. The number of furan rings is 5. The summed E-state index contributed by atoms with van der Waals surface area (Å²) in [5.74, 6) is 0. The van der Waals surface area contributed by atoms with Crippen LogP contribution in [0.15, 0.2) is 333 Å². The van der Waals surface area contributed by atoms with Crippen molar-refractivity contribution >= 4 is 110 Å². The number of hydrogen-bond acceptors (Lipinski definition) is 10. The third-order valence-corrected chi connectivity index (χ3v) is 17.8. The van der Waals surface area contributed by atoms with E-state index in [4.69, 9.17) is 22.1 Å². The van der Waals surface area contributed by atoms with Crippen molar-refractivity contribution in [3.63, 3.8) is 0 Å². The van der Waals surface area contributed by atoms with Crippen LogP contribution in [0.5, 0.6) is 0 Å². The molecule has 10 heterocycles. The van der Waals surface area contributed by atoms with Crippen LogP contribution in [0.3, 0.4) is 0 Å². The van der Waals surface area contributed by atoms with Gasteiger partial charge in [-0.1, -0.05) is 235 Å². The van der Waals surface area contributed by atoms with E-state index in [9.17, 15) is 0 Å². The van der Waals surface area contributed by atoms with Crippen LogP contribution in [0.2, 0.25) is 0 Å². The molecule has 0 bridgehead atoms. The lowest BCUT2D eigenvalue weighted by atomic mass is 10.0. The fourth-order valence-electron chi connectivity index (χ4n) is 13.2. The van der Waals surface area contributed by atoms with Crippen LogP contribution in [0.4, 0.5) is 0 Å². The predicted molar refractivity (Wildman–Crippen MR) is 404 cm³/mol. The number of benzene rings is 10. The molecule has 10 aromatic heterocycles. The molecule has 10 aromatic carbocycles. The maximum absolute atomic E-state index is 6.04. The Labute approximate surface area is 569 Å². The summed E-state index contributed by atoms with van der Waals surface area (Å²) >= 11 is 0. The van der Waals surface area contributed by atoms with E-state index in [1.54, 1.807) is 31.0 Å². The lowest BCUT2D eigenvalue weighted by molar-refractivity contribution is 0.655. The van der Waals surface area contributed by atoms with Crippen molar-refractivity contribution in [2.75, 3.05) is 0 Å². The van der Waals surface area contributed by atoms with Gasteiger partial charge in [-0.3, -0.25) is 19.9 Å². The third kappa shape index (κ3) is 12.1. The van der Waals surface area contributed by atoms with Crippen molar-refractivity contribution in [3.8, 4) is 55.6 Å². The highest BCUT2D eigenvalue weighted by Crippen LogP contribution is 2.41. The smallest absolute Gasteiger partial charge is 0.227 e. The van der Waals surface area contributed by atoms with E-state index >= 15 is 0 Å². The van der Waals surface area contributed by atoms with Gasteiger partial charge >= 0.3 is 0 Å². The van der Waals surface area contributed by atoms with E-state index in [0.717, 1.165) is 138 Å². The predicted octanol–water partition coefficient (Wildman–Crippen LogP) is 24.5. The maximum Gasteiger partial charge on any atom is 0.227 e. The zero-order valence-corrected chi connectivity index (χ0v) is 54.7. The Balaban J connectivity index is 0.0000000965. The Bertz CT molecular complexity index is 5710. The van der Waals surface area contributed by atoms with Gasteiger partial charge < -0.3 is 22.1 Å². The topological polar surface area (TPSA) is 130 Å². The van der Waals surface area contributed by atoms with Crippen molar-refractivity contribution in [1.29, 1.82) is 0 Å². The normalized spacial score (nSPS) is 11.2. The number of aromatic nitrogens is 5. The quantitative estimate of drug-likeness (QED) is 0.164. The van der Waals surface area contributed by atoms with Crippen molar-refractivity contribution in [3.05, 3.63) is 333 Å². The minimum atomic E-state index is 0.697. The Morgan fingerprint density at radius 3 is 1.24 bits per heavy atom. The molecule has 10 heteroatoms. The minimum absolute atomic E-state index is 0.697. The fraction of sp³-hybridized carbons (Fsp3) is 0.0449. The van der Waals surface area contributed by atoms with Crippen LogP contribution in [-0.4, -0.2) is 24.9 Å². The van der Waals surface area contributed by atoms with E-state index in [1.165, 1.54) is 44.5 Å². The van der Waals surface area contributed by atoms with Crippen molar-refractivity contribution in [1.82, 2.24) is 24.9 Å². The van der Waals surface area contributed by atoms with Gasteiger partial charge in [0, 0.05) is 120 Å². The molecule has 0 saturated carbocycles. The molecular formula is C89H63N5O5. The summed E-state index contributed by atoms with van der Waals surface area (Å²) in [7, 11) is 0. The molecule has 0 spiro atoms. The number of hydrogen-bond donors (Lipinski definition) is 0. The van der Waals surface area contributed by atoms with E-state index in [0.29, 0.717) is 5.71 Å². The van der Waals surface area contributed by atoms with Gasteiger partial charge in [-0.15, -0.1) is 0 Å². The lowest BCUT2D eigenvalue weighted by Gasteiger charge is -2.03. The Kier molecular flexibility index (Phi) is 16.4. The molecule has 474 valence electrons. The molecule has 99 heavy (non-hydrogen) atoms. The number of para-hydroxylation sites is 5. The summed E-state index contributed by atoms with van der Waals surface area (Å²) in [4.78, 5) is 21.4. The summed E-state index contributed by atoms with van der Waals surface area (Å²) in [6.07, 6.45) is 14.5. The molecule has 0 saturated heterocycles. The number of fused-ring (bicyclic) bond motifs is 15. The van der Waals surface area contributed by atoms with Crippen LogP contribution < -0.4 is 0 Å². The molecule has 20 aromatic rings. The first kappa shape index (κ1) is 60.9. The van der Waals surface area contributed by atoms with Crippen LogP contribution in [0.25, 0.3) is 166 Å². The molecule has 0 atom stereocenters. The monoisotopic (exact) mass is 1280 g/mol. The van der Waals surface area contributed by atoms with Crippen LogP contribution in [0, 0.1) is 27.7 Å². The number of pyridine rings is 5. The summed E-state index contributed by atoms with van der Waals surface area (Å²) in [5, 5.41) is 9.87. The van der Waals surface area contributed by atoms with Gasteiger partial charge in [0.1, 0.15) is 44.6 Å². The Morgan fingerprint density at radius 1 is 0.222 bits per heavy atom. The zero-order valence-electron chi connectivity index (χ0n) is 54.7. The fourth-order valence-corrected chi connectivity index (χ4v) is 13.2. The molecule has 0 fully saturated rings. The average Bonchev–Trinajstić information content (AvgIpc) is 1.67. The van der Waals surface area contributed by atoms with Crippen LogP contribution in [0.1, 0.15) is 22.3 Å². The van der Waals surface area contributed by atoms with E-state index in [-0.39, 0.29) is 0 Å². The van der Waals surface area contributed by atoms with Crippen molar-refractivity contribution in [2.45, 2.75) is 27.7 Å². The van der Waals surface area contributed by atoms with E-state index in [1.807, 2.05) is 91.4 Å². The first-order valence-electron chi connectivity index (χ1n) is 32.9. The number of rotatable bonds is 5. The summed E-state index contributed by atoms with van der Waals surface area (Å²) in [6, 6.07) is 88.9. The average molecular weight is 1280 g/mol. The highest BCUT2D eigenvalue weighted by molar-refractivity contribution is 6.13. The van der Waals surface area contributed by atoms with Gasteiger partial charge in [-0.05, 0) is 104 Å². The standard InChI is InChI=1S/4C18H13NO.C17H11NO/c1-12-5-2-6-13(11-12)14-7-3-8-15-17-16(20-18(14)15)9-4-10-19-17;1-12-5-2-6-13(11-12)14-7-3-8-15-16-9-4-10-19-18(16)20-17(14)15;1-12-4-2-5-13(10-12)14-6-3-7-16-15-8-9-19-11-17(15)20-18(14)16;1-12-4-2-5-13(10-12)14-6-3-7-15-16-11-19-9-8-17(16)20-18(14)15;1-2-6-12(7-3-1)14-10-18-11-15-13-8-4-5-9-16(13)19-17(14)15/h4*2-11H,1H3;1-11H. The molecule has 0 aliphatic carbocycles. The first-order chi connectivity index (χ1) is 48.7. The largest absolute Gasteiger partial charge is 0.455 e. The van der Waals surface area contributed by atoms with Crippen molar-refractivity contribution in [2.24, 2.45) is 0 Å². The van der Waals surface area contributed by atoms with Gasteiger partial charge in [-0.2, -0.15) is 0 Å². The molecular weight excluding hydrogens is 1220 g/mol. The third-order valence-electron chi connectivity index (χ3n) is 17.8. The van der Waals surface area contributed by atoms with Crippen molar-refractivity contribution < 1.29 is 22.1 Å². The summed E-state index contributed by atoms with van der Waals surface area (Å²) < 4.78 is 30.0. The molecule has 0 unspecified atom stereocenters. The molecule has 0 radical (unpaired) electrons. The van der Waals surface area contributed by atoms with Gasteiger partial charge in [0.2, 0.25) is 5.71 Å². The molecule has 0 amide bonds. The molecule has 0 N–H and O–H groups in total. The second-order valence-corrected chi connectivity index (χ2v) is 24.6. The molecule has 10 nitrogen and oxygen atoms in total. The second-order valence-electron chi connectivity index (χ2n) is 24.6. The van der Waals surface area contributed by atoms with Gasteiger partial charge in [0.05, 0.1) is 6.20 Å². The second kappa shape index (κ2) is 26.6. The zero-order chi connectivity index (χ0) is 66.8. The van der Waals surface area contributed by atoms with Crippen LogP contribution in [-0.2, 0) is 0 Å². The van der Waals surface area contributed by atoms with Gasteiger partial charge in [-0.25, -0.2) is 4.98 Å². The highest BCUT2D eigenvalue weighted by atomic mass is 16.3. The molecule has 20 rings (SSSR count).